The van der Waals surface area contributed by atoms with Gasteiger partial charge < -0.3 is 5.32 Å². The molecule has 5 nitrogen and oxygen atoms in total. The fourth-order valence-electron chi connectivity index (χ4n) is 1.48. The molecular formula is C13H15FN4O. The number of carbonyl (C=O) groups excluding carboxylic acids is 1. The average molecular weight is 262 g/mol. The van der Waals surface area contributed by atoms with Crippen LogP contribution < -0.4 is 5.32 Å². The van der Waals surface area contributed by atoms with Gasteiger partial charge in [0, 0.05) is 6.54 Å². The van der Waals surface area contributed by atoms with E-state index in [4.69, 9.17) is 0 Å². The van der Waals surface area contributed by atoms with E-state index in [9.17, 15) is 9.18 Å². The zero-order chi connectivity index (χ0) is 13.8. The quantitative estimate of drug-likeness (QED) is 0.913. The van der Waals surface area contributed by atoms with Gasteiger partial charge in [0.05, 0.1) is 11.9 Å². The van der Waals surface area contributed by atoms with Crippen LogP contribution in [0.25, 0.3) is 5.69 Å². The first kappa shape index (κ1) is 13.2. The number of amides is 1. The Bertz CT molecular complexity index is 562. The van der Waals surface area contributed by atoms with E-state index in [0.717, 1.165) is 0 Å². The molecule has 0 radical (unpaired) electrons. The van der Waals surface area contributed by atoms with Gasteiger partial charge in [0.1, 0.15) is 5.82 Å². The van der Waals surface area contributed by atoms with Crippen molar-refractivity contribution >= 4 is 5.91 Å². The van der Waals surface area contributed by atoms with Gasteiger partial charge in [-0.05, 0) is 30.2 Å². The summed E-state index contributed by atoms with van der Waals surface area (Å²) in [4.78, 5) is 11.8. The maximum absolute atomic E-state index is 12.8. The molecule has 0 saturated carbocycles. The summed E-state index contributed by atoms with van der Waals surface area (Å²) in [6.07, 6.45) is 1.52. The third-order valence-corrected chi connectivity index (χ3v) is 2.49. The van der Waals surface area contributed by atoms with Gasteiger partial charge in [-0.3, -0.25) is 4.79 Å². The summed E-state index contributed by atoms with van der Waals surface area (Å²) in [5.41, 5.74) is 0.891. The molecule has 0 aliphatic rings. The molecule has 1 amide bonds. The Hall–Kier alpha value is -2.24. The van der Waals surface area contributed by atoms with Gasteiger partial charge in [0.2, 0.25) is 0 Å². The highest BCUT2D eigenvalue weighted by Crippen LogP contribution is 2.08. The van der Waals surface area contributed by atoms with Crippen molar-refractivity contribution in [1.29, 1.82) is 0 Å². The second kappa shape index (κ2) is 5.60. The number of benzene rings is 1. The van der Waals surface area contributed by atoms with Gasteiger partial charge >= 0.3 is 0 Å². The summed E-state index contributed by atoms with van der Waals surface area (Å²) in [6.45, 7) is 4.60. The predicted molar refractivity (Wildman–Crippen MR) is 68.5 cm³/mol. The minimum Gasteiger partial charge on any atom is -0.350 e. The van der Waals surface area contributed by atoms with Crippen molar-refractivity contribution in [3.05, 3.63) is 42.0 Å². The molecule has 6 heteroatoms. The Kier molecular flexibility index (Phi) is 3.89. The monoisotopic (exact) mass is 262 g/mol. The number of hydrogen-bond donors (Lipinski definition) is 1. The molecule has 19 heavy (non-hydrogen) atoms. The van der Waals surface area contributed by atoms with Crippen molar-refractivity contribution in [2.45, 2.75) is 13.8 Å². The molecule has 0 atom stereocenters. The summed E-state index contributed by atoms with van der Waals surface area (Å²) >= 11 is 0. The first-order valence-corrected chi connectivity index (χ1v) is 6.03. The van der Waals surface area contributed by atoms with E-state index >= 15 is 0 Å². The number of hydrogen-bond acceptors (Lipinski definition) is 3. The Morgan fingerprint density at radius 1 is 1.37 bits per heavy atom. The van der Waals surface area contributed by atoms with Crippen molar-refractivity contribution < 1.29 is 9.18 Å². The summed E-state index contributed by atoms with van der Waals surface area (Å²) in [5.74, 6) is -0.211. The fraction of sp³-hybridized carbons (Fsp3) is 0.308. The van der Waals surface area contributed by atoms with Crippen LogP contribution in [0, 0.1) is 11.7 Å². The molecule has 0 unspecified atom stereocenters. The van der Waals surface area contributed by atoms with Gasteiger partial charge in [0.15, 0.2) is 5.69 Å². The Morgan fingerprint density at radius 2 is 2.05 bits per heavy atom. The zero-order valence-corrected chi connectivity index (χ0v) is 10.8. The summed E-state index contributed by atoms with van der Waals surface area (Å²) < 4.78 is 14.2. The van der Waals surface area contributed by atoms with E-state index in [1.165, 1.54) is 23.0 Å². The van der Waals surface area contributed by atoms with Gasteiger partial charge in [-0.15, -0.1) is 5.10 Å². The lowest BCUT2D eigenvalue weighted by molar-refractivity contribution is 0.0944. The van der Waals surface area contributed by atoms with Gasteiger partial charge in [-0.2, -0.15) is 0 Å². The third kappa shape index (κ3) is 3.37. The minimum absolute atomic E-state index is 0.241. The average Bonchev–Trinajstić information content (AvgIpc) is 2.86. The lowest BCUT2D eigenvalue weighted by Gasteiger charge is -2.04. The fourth-order valence-corrected chi connectivity index (χ4v) is 1.48. The van der Waals surface area contributed by atoms with E-state index in [1.807, 2.05) is 13.8 Å². The first-order chi connectivity index (χ1) is 9.06. The van der Waals surface area contributed by atoms with E-state index in [2.05, 4.69) is 15.6 Å². The highest BCUT2D eigenvalue weighted by atomic mass is 19.1. The molecule has 1 N–H and O–H groups in total. The van der Waals surface area contributed by atoms with Crippen LogP contribution in [0.5, 0.6) is 0 Å². The van der Waals surface area contributed by atoms with Gasteiger partial charge in [0.25, 0.3) is 5.91 Å². The second-order valence-corrected chi connectivity index (χ2v) is 4.63. The number of nitrogens with one attached hydrogen (secondary N) is 1. The predicted octanol–water partition coefficient (Wildman–Crippen LogP) is 1.79. The zero-order valence-electron chi connectivity index (χ0n) is 10.8. The molecule has 0 bridgehead atoms. The summed E-state index contributed by atoms with van der Waals surface area (Å²) in [5, 5.41) is 10.4. The van der Waals surface area contributed by atoms with Gasteiger partial charge in [-0.1, -0.05) is 19.1 Å². The smallest absolute Gasteiger partial charge is 0.273 e. The Morgan fingerprint density at radius 3 is 2.68 bits per heavy atom. The SMILES string of the molecule is CC(C)CNC(=O)c1cn(-c2ccc(F)cc2)nn1. The lowest BCUT2D eigenvalue weighted by Crippen LogP contribution is -2.27. The van der Waals surface area contributed by atoms with Crippen LogP contribution in [0.1, 0.15) is 24.3 Å². The molecule has 0 fully saturated rings. The van der Waals surface area contributed by atoms with Crippen molar-refractivity contribution in [2.24, 2.45) is 5.92 Å². The number of carbonyl (C=O) groups is 1. The normalized spacial score (nSPS) is 10.7. The third-order valence-electron chi connectivity index (χ3n) is 2.49. The largest absolute Gasteiger partial charge is 0.350 e. The van der Waals surface area contributed by atoms with Crippen molar-refractivity contribution in [3.63, 3.8) is 0 Å². The maximum Gasteiger partial charge on any atom is 0.273 e. The molecule has 0 saturated heterocycles. The van der Waals surface area contributed by atoms with E-state index in [1.54, 1.807) is 12.1 Å². The van der Waals surface area contributed by atoms with Crippen LogP contribution in [0.4, 0.5) is 4.39 Å². The molecular weight excluding hydrogens is 247 g/mol. The van der Waals surface area contributed by atoms with Crippen molar-refractivity contribution in [1.82, 2.24) is 20.3 Å². The summed E-state index contributed by atoms with van der Waals surface area (Å²) in [7, 11) is 0. The first-order valence-electron chi connectivity index (χ1n) is 6.03. The molecule has 1 aromatic carbocycles. The minimum atomic E-state index is -0.321. The molecule has 0 aliphatic carbocycles. The highest BCUT2D eigenvalue weighted by Gasteiger charge is 2.11. The Labute approximate surface area is 110 Å². The number of nitrogens with zero attached hydrogens (tertiary/aromatic N) is 3. The van der Waals surface area contributed by atoms with Crippen LogP contribution in [0.15, 0.2) is 30.5 Å². The van der Waals surface area contributed by atoms with Gasteiger partial charge in [-0.25, -0.2) is 9.07 Å². The molecule has 2 rings (SSSR count). The van der Waals surface area contributed by atoms with E-state index in [-0.39, 0.29) is 17.4 Å². The van der Waals surface area contributed by atoms with Crippen LogP contribution in [-0.2, 0) is 0 Å². The molecule has 1 aromatic heterocycles. The van der Waals surface area contributed by atoms with E-state index < -0.39 is 0 Å². The number of aromatic nitrogens is 3. The van der Waals surface area contributed by atoms with Crippen LogP contribution >= 0.6 is 0 Å². The topological polar surface area (TPSA) is 59.8 Å². The second-order valence-electron chi connectivity index (χ2n) is 4.63. The summed E-state index contributed by atoms with van der Waals surface area (Å²) in [6, 6.07) is 5.80. The maximum atomic E-state index is 12.8. The Balaban J connectivity index is 2.10. The number of halogens is 1. The van der Waals surface area contributed by atoms with Crippen LogP contribution in [-0.4, -0.2) is 27.4 Å². The van der Waals surface area contributed by atoms with Crippen molar-refractivity contribution in [3.8, 4) is 5.69 Å². The molecule has 1 heterocycles. The highest BCUT2D eigenvalue weighted by molar-refractivity contribution is 5.91. The molecule has 2 aromatic rings. The molecule has 100 valence electrons. The van der Waals surface area contributed by atoms with Crippen LogP contribution in [0.3, 0.4) is 0 Å². The molecule has 0 aliphatic heterocycles. The van der Waals surface area contributed by atoms with Crippen molar-refractivity contribution in [2.75, 3.05) is 6.54 Å². The lowest BCUT2D eigenvalue weighted by atomic mass is 10.2. The molecule has 0 spiro atoms. The number of rotatable bonds is 4. The van der Waals surface area contributed by atoms with Crippen LogP contribution in [0.2, 0.25) is 0 Å². The van der Waals surface area contributed by atoms with E-state index in [0.29, 0.717) is 18.2 Å². The standard InChI is InChI=1S/C13H15FN4O/c1-9(2)7-15-13(19)12-8-18(17-16-12)11-5-3-10(14)4-6-11/h3-6,8-9H,7H2,1-2H3,(H,15,19).